The molecule has 0 aliphatic carbocycles. The first kappa shape index (κ1) is 66.4. The third-order valence-corrected chi connectivity index (χ3v) is 19.2. The van der Waals surface area contributed by atoms with Crippen LogP contribution in [0.15, 0.2) is 119 Å². The molecule has 4 aromatic carbocycles. The number of rotatable bonds is 33. The van der Waals surface area contributed by atoms with Crippen molar-refractivity contribution in [3.8, 4) is 0 Å². The van der Waals surface area contributed by atoms with Crippen molar-refractivity contribution in [2.45, 2.75) is 137 Å². The normalized spacial score (nSPS) is 16.9. The average Bonchev–Trinajstić information content (AvgIpc) is 4.34. The highest BCUT2D eigenvalue weighted by Crippen LogP contribution is 2.27. The molecule has 458 valence electrons. The Kier molecular flexibility index (Phi) is 25.7. The Labute approximate surface area is 493 Å². The van der Waals surface area contributed by atoms with Crippen LogP contribution < -0.4 is 31.9 Å². The average molecular weight is 1210 g/mol. The fourth-order valence-corrected chi connectivity index (χ4v) is 13.2. The fraction of sp³-hybridized carbons (Fsp3) is 0.500. The topological polar surface area (TPSA) is 256 Å². The molecular weight excluding hydrogens is 1120 g/mol. The third kappa shape index (κ3) is 19.4. The van der Waals surface area contributed by atoms with Gasteiger partial charge in [0.1, 0.15) is 23.7 Å². The van der Waals surface area contributed by atoms with Gasteiger partial charge in [0, 0.05) is 77.3 Å². The molecule has 0 aromatic heterocycles. The molecule has 2 saturated heterocycles. The second-order valence-corrected chi connectivity index (χ2v) is 25.3. The zero-order valence-corrected chi connectivity index (χ0v) is 50.1. The molecule has 0 spiro atoms. The van der Waals surface area contributed by atoms with E-state index in [0.29, 0.717) is 51.6 Å². The SMILES string of the molecule is CN[C@@H](C)C(=O)N[C@@H](CCCNC(=O)CCC(=O)NCCC[C@H](NC(=O)[C@@H](C)NC)C(=O)N1CCC[C@H]1CN(CCc1ccccc1)S(=O)(=O)c1ccc(F)cc1)C(=O)N1CCC[C@H]1CN(CCc1ccccc1)S(=O)(=O)c1ccc(F)cc1. The number of carbonyl (C=O) groups is 6. The standard InChI is InChI=1S/C60H82F2N10O10S2/c1-43(63-3)57(75)67-53(59(77)71-37-13-19-49(71)41-69(39-33-45-15-7-5-8-16-45)83(79,80)51-27-23-47(61)24-28-51)21-11-35-65-55(73)31-32-56(74)66-36-12-22-54(68-58(76)44(2)64-4)60(78)72-38-14-20-50(72)42-70(40-34-46-17-9-6-10-18-46)84(81,82)52-29-25-48(62)26-30-52/h5-10,15-18,23-30,43-44,49-50,53-54,63-64H,11-14,19-22,31-42H2,1-4H3,(H,65,73)(H,66,74)(H,67,75)(H,68,76)/t43-,44+,49-,50-,53-,54-/m0/s1. The number of nitrogens with zero attached hydrogens (tertiary/aromatic N) is 4. The summed E-state index contributed by atoms with van der Waals surface area (Å²) in [6, 6.07) is 23.6. The minimum atomic E-state index is -4.12. The largest absolute Gasteiger partial charge is 0.356 e. The van der Waals surface area contributed by atoms with E-state index >= 15 is 0 Å². The van der Waals surface area contributed by atoms with E-state index in [1.807, 2.05) is 60.7 Å². The molecule has 0 bridgehead atoms. The van der Waals surface area contributed by atoms with Gasteiger partial charge in [-0.1, -0.05) is 60.7 Å². The number of carbonyl (C=O) groups excluding carboxylic acids is 6. The molecule has 6 atom stereocenters. The Bertz CT molecular complexity index is 2820. The smallest absolute Gasteiger partial charge is 0.245 e. The summed E-state index contributed by atoms with van der Waals surface area (Å²) in [5.41, 5.74) is 1.83. The molecule has 0 unspecified atom stereocenters. The van der Waals surface area contributed by atoms with Gasteiger partial charge in [-0.15, -0.1) is 0 Å². The van der Waals surface area contributed by atoms with Crippen LogP contribution in [0.25, 0.3) is 0 Å². The van der Waals surface area contributed by atoms with Crippen molar-refractivity contribution >= 4 is 55.5 Å². The van der Waals surface area contributed by atoms with Crippen molar-refractivity contribution < 1.29 is 54.4 Å². The molecular formula is C60H82F2N10O10S2. The Morgan fingerprint density at radius 2 is 0.905 bits per heavy atom. The van der Waals surface area contributed by atoms with Gasteiger partial charge in [0.2, 0.25) is 55.5 Å². The zero-order chi connectivity index (χ0) is 60.8. The van der Waals surface area contributed by atoms with E-state index in [-0.39, 0.29) is 99.4 Å². The summed E-state index contributed by atoms with van der Waals surface area (Å²) in [6.45, 7) is 4.34. The lowest BCUT2D eigenvalue weighted by atomic mass is 10.1. The van der Waals surface area contributed by atoms with Crippen LogP contribution in [0.2, 0.25) is 0 Å². The first-order chi connectivity index (χ1) is 40.2. The highest BCUT2D eigenvalue weighted by Gasteiger charge is 2.39. The summed E-state index contributed by atoms with van der Waals surface area (Å²) < 4.78 is 86.8. The lowest BCUT2D eigenvalue weighted by molar-refractivity contribution is -0.138. The van der Waals surface area contributed by atoms with Crippen molar-refractivity contribution in [3.05, 3.63) is 132 Å². The van der Waals surface area contributed by atoms with Gasteiger partial charge in [0.15, 0.2) is 0 Å². The minimum Gasteiger partial charge on any atom is -0.356 e. The van der Waals surface area contributed by atoms with Gasteiger partial charge in [0.25, 0.3) is 0 Å². The number of hydrogen-bond donors (Lipinski definition) is 6. The van der Waals surface area contributed by atoms with E-state index in [1.54, 1.807) is 37.7 Å². The molecule has 0 radical (unpaired) electrons. The third-order valence-electron chi connectivity index (χ3n) is 15.5. The summed E-state index contributed by atoms with van der Waals surface area (Å²) in [7, 11) is -5.02. The summed E-state index contributed by atoms with van der Waals surface area (Å²) in [4.78, 5) is 84.4. The number of hydrogen-bond acceptors (Lipinski definition) is 12. The summed E-state index contributed by atoms with van der Waals surface area (Å²) in [6.07, 6.45) is 3.50. The molecule has 2 aliphatic rings. The van der Waals surface area contributed by atoms with Gasteiger partial charge in [-0.2, -0.15) is 8.61 Å². The van der Waals surface area contributed by atoms with Crippen LogP contribution in [-0.4, -0.2) is 173 Å². The highest BCUT2D eigenvalue weighted by molar-refractivity contribution is 7.89. The van der Waals surface area contributed by atoms with Crippen LogP contribution in [0.3, 0.4) is 0 Å². The maximum Gasteiger partial charge on any atom is 0.245 e. The predicted molar refractivity (Wildman–Crippen MR) is 315 cm³/mol. The number of halogens is 2. The van der Waals surface area contributed by atoms with Crippen LogP contribution in [0.1, 0.15) is 89.2 Å². The van der Waals surface area contributed by atoms with Crippen LogP contribution in [0, 0.1) is 11.6 Å². The quantitative estimate of drug-likeness (QED) is 0.0372. The van der Waals surface area contributed by atoms with Gasteiger partial charge in [-0.05, 0) is 152 Å². The number of amides is 6. The van der Waals surface area contributed by atoms with Crippen molar-refractivity contribution in [1.82, 2.24) is 50.3 Å². The predicted octanol–water partition coefficient (Wildman–Crippen LogP) is 3.87. The van der Waals surface area contributed by atoms with Gasteiger partial charge in [0.05, 0.1) is 21.9 Å². The first-order valence-electron chi connectivity index (χ1n) is 28.9. The first-order valence-corrected chi connectivity index (χ1v) is 31.8. The van der Waals surface area contributed by atoms with E-state index < -0.39 is 91.6 Å². The lowest BCUT2D eigenvalue weighted by Gasteiger charge is -2.33. The minimum absolute atomic E-state index is 0.0288. The molecule has 4 aromatic rings. The summed E-state index contributed by atoms with van der Waals surface area (Å²) >= 11 is 0. The van der Waals surface area contributed by atoms with E-state index in [0.717, 1.165) is 35.4 Å². The van der Waals surface area contributed by atoms with Gasteiger partial charge in [-0.3, -0.25) is 28.8 Å². The molecule has 6 N–H and O–H groups in total. The molecule has 24 heteroatoms. The van der Waals surface area contributed by atoms with Crippen LogP contribution >= 0.6 is 0 Å². The van der Waals surface area contributed by atoms with Gasteiger partial charge < -0.3 is 41.7 Å². The van der Waals surface area contributed by atoms with E-state index in [4.69, 9.17) is 0 Å². The number of sulfonamides is 2. The summed E-state index contributed by atoms with van der Waals surface area (Å²) in [5, 5.41) is 17.0. The van der Waals surface area contributed by atoms with Crippen LogP contribution in [-0.2, 0) is 61.7 Å². The summed E-state index contributed by atoms with van der Waals surface area (Å²) in [5.74, 6) is -3.62. The van der Waals surface area contributed by atoms with Crippen molar-refractivity contribution in [3.63, 3.8) is 0 Å². The molecule has 6 rings (SSSR count). The molecule has 20 nitrogen and oxygen atoms in total. The van der Waals surface area contributed by atoms with Crippen LogP contribution in [0.5, 0.6) is 0 Å². The Hall–Kier alpha value is -6.70. The Balaban J connectivity index is 1.00. The van der Waals surface area contributed by atoms with Crippen molar-refractivity contribution in [2.24, 2.45) is 0 Å². The molecule has 2 fully saturated rings. The highest BCUT2D eigenvalue weighted by atomic mass is 32.2. The fourth-order valence-electron chi connectivity index (χ4n) is 10.3. The van der Waals surface area contributed by atoms with E-state index in [9.17, 15) is 54.4 Å². The number of benzene rings is 4. The number of likely N-dealkylation sites (N-methyl/N-ethyl adjacent to an activating group) is 2. The van der Waals surface area contributed by atoms with Crippen molar-refractivity contribution in [2.75, 3.05) is 66.5 Å². The molecule has 2 heterocycles. The zero-order valence-electron chi connectivity index (χ0n) is 48.4. The maximum atomic E-state index is 14.4. The molecule has 2 aliphatic heterocycles. The molecule has 84 heavy (non-hydrogen) atoms. The van der Waals surface area contributed by atoms with Gasteiger partial charge in [-0.25, -0.2) is 25.6 Å². The van der Waals surface area contributed by atoms with Gasteiger partial charge >= 0.3 is 0 Å². The van der Waals surface area contributed by atoms with E-state index in [1.165, 1.54) is 32.9 Å². The number of likely N-dealkylation sites (tertiary alicyclic amines) is 2. The monoisotopic (exact) mass is 1200 g/mol. The molecule has 6 amide bonds. The lowest BCUT2D eigenvalue weighted by Crippen LogP contribution is -2.55. The second kappa shape index (κ2) is 32.5. The Morgan fingerprint density at radius 1 is 0.548 bits per heavy atom. The maximum absolute atomic E-state index is 14.4. The number of nitrogens with one attached hydrogen (secondary N) is 6. The van der Waals surface area contributed by atoms with Crippen molar-refractivity contribution in [1.29, 1.82) is 0 Å². The molecule has 0 saturated carbocycles. The van der Waals surface area contributed by atoms with E-state index in [2.05, 4.69) is 31.9 Å². The second-order valence-electron chi connectivity index (χ2n) is 21.4. The van der Waals surface area contributed by atoms with Crippen LogP contribution in [0.4, 0.5) is 8.78 Å². The Morgan fingerprint density at radius 3 is 1.25 bits per heavy atom.